The molecule has 144 valence electrons. The monoisotopic (exact) mass is 338 g/mol. The van der Waals surface area contributed by atoms with Gasteiger partial charge in [-0.3, -0.25) is 0 Å². The average molecular weight is 339 g/mol. The summed E-state index contributed by atoms with van der Waals surface area (Å²) in [4.78, 5) is 0. The number of allylic oxidation sites excluding steroid dienone is 1. The van der Waals surface area contributed by atoms with E-state index in [2.05, 4.69) is 37.5 Å². The lowest BCUT2D eigenvalue weighted by atomic mass is 10.1. The summed E-state index contributed by atoms with van der Waals surface area (Å²) in [5, 5.41) is 7.26. The largest absolute Gasteiger partial charge is 0.372 e. The van der Waals surface area contributed by atoms with E-state index in [9.17, 15) is 0 Å². The molecule has 0 heterocycles. The average Bonchev–Trinajstić information content (AvgIpc) is 2.59. The van der Waals surface area contributed by atoms with E-state index in [4.69, 9.17) is 0 Å². The minimum atomic E-state index is 1.12. The SMILES string of the molecule is CCCCC=C(NCCCCCCCC)NCCCCCCCC. The molecule has 0 aliphatic rings. The first kappa shape index (κ1) is 23.3. The minimum Gasteiger partial charge on any atom is -0.372 e. The number of hydrogen-bond donors (Lipinski definition) is 2. The van der Waals surface area contributed by atoms with Crippen LogP contribution in [0.3, 0.4) is 0 Å². The van der Waals surface area contributed by atoms with E-state index < -0.39 is 0 Å². The first-order chi connectivity index (χ1) is 11.8. The Labute approximate surface area is 153 Å². The van der Waals surface area contributed by atoms with Crippen molar-refractivity contribution in [2.45, 2.75) is 117 Å². The van der Waals surface area contributed by atoms with Gasteiger partial charge in [0.25, 0.3) is 0 Å². The molecule has 0 rings (SSSR count). The van der Waals surface area contributed by atoms with Crippen LogP contribution in [0.15, 0.2) is 11.9 Å². The Bertz CT molecular complexity index is 241. The van der Waals surface area contributed by atoms with Crippen molar-refractivity contribution < 1.29 is 0 Å². The van der Waals surface area contributed by atoms with Crippen LogP contribution >= 0.6 is 0 Å². The highest BCUT2D eigenvalue weighted by molar-refractivity contribution is 4.97. The van der Waals surface area contributed by atoms with E-state index in [1.807, 2.05) is 0 Å². The van der Waals surface area contributed by atoms with Gasteiger partial charge in [0.05, 0.1) is 5.82 Å². The van der Waals surface area contributed by atoms with E-state index in [1.165, 1.54) is 102 Å². The molecule has 0 aliphatic carbocycles. The van der Waals surface area contributed by atoms with Crippen LogP contribution in [0.5, 0.6) is 0 Å². The molecule has 0 radical (unpaired) electrons. The van der Waals surface area contributed by atoms with Crippen LogP contribution in [0.1, 0.15) is 117 Å². The van der Waals surface area contributed by atoms with Crippen molar-refractivity contribution in [2.24, 2.45) is 0 Å². The smallest absolute Gasteiger partial charge is 0.0945 e. The molecule has 0 saturated heterocycles. The van der Waals surface area contributed by atoms with Crippen LogP contribution in [-0.2, 0) is 0 Å². The number of hydrogen-bond acceptors (Lipinski definition) is 2. The first-order valence-electron chi connectivity index (χ1n) is 11.0. The fourth-order valence-electron chi connectivity index (χ4n) is 2.91. The zero-order valence-corrected chi connectivity index (χ0v) is 17.1. The van der Waals surface area contributed by atoms with Gasteiger partial charge in [0.2, 0.25) is 0 Å². The van der Waals surface area contributed by atoms with Gasteiger partial charge >= 0.3 is 0 Å². The molecule has 2 heteroatoms. The van der Waals surface area contributed by atoms with E-state index in [0.717, 1.165) is 13.1 Å². The molecule has 0 aromatic rings. The second-order valence-corrected chi connectivity index (χ2v) is 7.15. The standard InChI is InChI=1S/C22H46N2/c1-4-7-10-12-14-17-20-23-22(19-16-9-6-3)24-21-18-15-13-11-8-5-2/h19,23-24H,4-18,20-21H2,1-3H3. The highest BCUT2D eigenvalue weighted by Crippen LogP contribution is 2.06. The van der Waals surface area contributed by atoms with Crippen molar-refractivity contribution in [3.05, 3.63) is 11.9 Å². The third-order valence-electron chi connectivity index (χ3n) is 4.60. The van der Waals surface area contributed by atoms with Crippen molar-refractivity contribution in [2.75, 3.05) is 13.1 Å². The Morgan fingerprint density at radius 2 is 0.958 bits per heavy atom. The fourth-order valence-corrected chi connectivity index (χ4v) is 2.91. The van der Waals surface area contributed by atoms with Crippen molar-refractivity contribution in [1.82, 2.24) is 10.6 Å². The fraction of sp³-hybridized carbons (Fsp3) is 0.909. The molecule has 0 spiro atoms. The second-order valence-electron chi connectivity index (χ2n) is 7.15. The van der Waals surface area contributed by atoms with Crippen LogP contribution in [0.4, 0.5) is 0 Å². The maximum atomic E-state index is 3.63. The Balaban J connectivity index is 3.75. The normalized spacial score (nSPS) is 10.6. The van der Waals surface area contributed by atoms with Crippen LogP contribution in [0.25, 0.3) is 0 Å². The highest BCUT2D eigenvalue weighted by Gasteiger charge is 1.97. The summed E-state index contributed by atoms with van der Waals surface area (Å²) in [5.74, 6) is 1.28. The summed E-state index contributed by atoms with van der Waals surface area (Å²) in [6.45, 7) is 9.07. The zero-order chi connectivity index (χ0) is 17.7. The molecule has 0 bridgehead atoms. The molecule has 0 aromatic carbocycles. The maximum absolute atomic E-state index is 3.63. The van der Waals surface area contributed by atoms with E-state index in [-0.39, 0.29) is 0 Å². The Kier molecular flexibility index (Phi) is 19.8. The molecule has 2 N–H and O–H groups in total. The summed E-state index contributed by atoms with van der Waals surface area (Å²) < 4.78 is 0. The summed E-state index contributed by atoms with van der Waals surface area (Å²) in [6.07, 6.45) is 22.6. The van der Waals surface area contributed by atoms with E-state index >= 15 is 0 Å². The third kappa shape index (κ3) is 17.7. The number of unbranched alkanes of at least 4 members (excludes halogenated alkanes) is 12. The summed E-state index contributed by atoms with van der Waals surface area (Å²) in [5.41, 5.74) is 0. The molecule has 0 aliphatic heterocycles. The lowest BCUT2D eigenvalue weighted by molar-refractivity contribution is 0.560. The topological polar surface area (TPSA) is 24.1 Å². The van der Waals surface area contributed by atoms with Crippen LogP contribution in [0.2, 0.25) is 0 Å². The lowest BCUT2D eigenvalue weighted by Gasteiger charge is -2.14. The molecular formula is C22H46N2. The molecule has 0 saturated carbocycles. The highest BCUT2D eigenvalue weighted by atomic mass is 15.1. The predicted molar refractivity (Wildman–Crippen MR) is 110 cm³/mol. The molecule has 0 amide bonds. The molecule has 0 atom stereocenters. The van der Waals surface area contributed by atoms with Gasteiger partial charge in [-0.2, -0.15) is 0 Å². The molecule has 0 aromatic heterocycles. The van der Waals surface area contributed by atoms with Gasteiger partial charge in [-0.15, -0.1) is 0 Å². The Morgan fingerprint density at radius 3 is 1.42 bits per heavy atom. The van der Waals surface area contributed by atoms with Crippen molar-refractivity contribution in [3.8, 4) is 0 Å². The quantitative estimate of drug-likeness (QED) is 0.250. The van der Waals surface area contributed by atoms with Crippen molar-refractivity contribution in [3.63, 3.8) is 0 Å². The number of nitrogens with one attached hydrogen (secondary N) is 2. The van der Waals surface area contributed by atoms with Gasteiger partial charge in [-0.05, 0) is 31.8 Å². The van der Waals surface area contributed by atoms with Crippen LogP contribution in [-0.4, -0.2) is 13.1 Å². The van der Waals surface area contributed by atoms with Crippen LogP contribution in [0, 0.1) is 0 Å². The van der Waals surface area contributed by atoms with E-state index in [0.29, 0.717) is 0 Å². The van der Waals surface area contributed by atoms with Gasteiger partial charge in [0.15, 0.2) is 0 Å². The van der Waals surface area contributed by atoms with Crippen LogP contribution < -0.4 is 10.6 Å². The van der Waals surface area contributed by atoms with Gasteiger partial charge in [0.1, 0.15) is 0 Å². The Morgan fingerprint density at radius 1 is 0.542 bits per heavy atom. The van der Waals surface area contributed by atoms with Gasteiger partial charge < -0.3 is 10.6 Å². The Hall–Kier alpha value is -0.660. The summed E-state index contributed by atoms with van der Waals surface area (Å²) in [6, 6.07) is 0. The molecular weight excluding hydrogens is 292 g/mol. The molecule has 0 fully saturated rings. The third-order valence-corrected chi connectivity index (χ3v) is 4.60. The lowest BCUT2D eigenvalue weighted by Crippen LogP contribution is -2.28. The minimum absolute atomic E-state index is 1.12. The summed E-state index contributed by atoms with van der Waals surface area (Å²) >= 11 is 0. The van der Waals surface area contributed by atoms with Crippen molar-refractivity contribution in [1.29, 1.82) is 0 Å². The molecule has 2 nitrogen and oxygen atoms in total. The van der Waals surface area contributed by atoms with Crippen molar-refractivity contribution >= 4 is 0 Å². The van der Waals surface area contributed by atoms with E-state index in [1.54, 1.807) is 0 Å². The second kappa shape index (κ2) is 20.4. The van der Waals surface area contributed by atoms with Gasteiger partial charge in [0, 0.05) is 13.1 Å². The predicted octanol–water partition coefficient (Wildman–Crippen LogP) is 6.92. The maximum Gasteiger partial charge on any atom is 0.0945 e. The van der Waals surface area contributed by atoms with Gasteiger partial charge in [-0.25, -0.2) is 0 Å². The molecule has 0 unspecified atom stereocenters. The first-order valence-corrected chi connectivity index (χ1v) is 11.0. The zero-order valence-electron chi connectivity index (χ0n) is 17.1. The molecule has 24 heavy (non-hydrogen) atoms. The van der Waals surface area contributed by atoms with Gasteiger partial charge in [-0.1, -0.05) is 91.4 Å². The summed E-state index contributed by atoms with van der Waals surface area (Å²) in [7, 11) is 0. The number of rotatable bonds is 19.